The van der Waals surface area contributed by atoms with E-state index >= 15 is 0 Å². The summed E-state index contributed by atoms with van der Waals surface area (Å²) in [5.74, 6) is 0.0161. The zero-order chi connectivity index (χ0) is 20.0. The first-order valence-corrected chi connectivity index (χ1v) is 10.4. The van der Waals surface area contributed by atoms with E-state index < -0.39 is 5.41 Å². The predicted octanol–water partition coefficient (Wildman–Crippen LogP) is 5.33. The Balaban J connectivity index is 1.62. The maximum atomic E-state index is 13.5. The molecule has 1 aromatic heterocycles. The van der Waals surface area contributed by atoms with Crippen LogP contribution in [0.3, 0.4) is 0 Å². The number of fused-ring (bicyclic) bond motifs is 2. The minimum Gasteiger partial charge on any atom is -0.508 e. The normalized spacial score (nSPS) is 20.5. The Bertz CT molecular complexity index is 1190. The van der Waals surface area contributed by atoms with Crippen LogP contribution in [0.1, 0.15) is 29.0 Å². The highest BCUT2D eigenvalue weighted by Gasteiger charge is 2.50. The number of carbonyl (C=O) groups is 1. The first kappa shape index (κ1) is 17.9. The lowest BCUT2D eigenvalue weighted by Crippen LogP contribution is -2.37. The molecule has 5 heteroatoms. The second kappa shape index (κ2) is 6.71. The SMILES string of the molecule is CC1(C(=O)Nc2ccccc2)Cc2cc(O)ccc2C1c1nc2ccccc2s1. The first-order valence-electron chi connectivity index (χ1n) is 9.58. The highest BCUT2D eigenvalue weighted by molar-refractivity contribution is 7.18. The number of benzene rings is 3. The lowest BCUT2D eigenvalue weighted by atomic mass is 9.77. The molecule has 0 spiro atoms. The van der Waals surface area contributed by atoms with E-state index in [9.17, 15) is 9.90 Å². The number of carbonyl (C=O) groups excluding carboxylic acids is 1. The number of nitrogens with one attached hydrogen (secondary N) is 1. The van der Waals surface area contributed by atoms with E-state index in [1.54, 1.807) is 23.5 Å². The Morgan fingerprint density at radius 1 is 1.10 bits per heavy atom. The number of para-hydroxylation sites is 2. The number of hydrogen-bond acceptors (Lipinski definition) is 4. The molecule has 0 fully saturated rings. The molecule has 4 aromatic rings. The van der Waals surface area contributed by atoms with Crippen LogP contribution in [0.25, 0.3) is 10.2 Å². The van der Waals surface area contributed by atoms with Gasteiger partial charge >= 0.3 is 0 Å². The van der Waals surface area contributed by atoms with E-state index in [4.69, 9.17) is 4.98 Å². The van der Waals surface area contributed by atoms with Crippen molar-refractivity contribution in [1.29, 1.82) is 0 Å². The fourth-order valence-electron chi connectivity index (χ4n) is 4.29. The molecule has 2 atom stereocenters. The molecule has 3 aromatic carbocycles. The number of rotatable bonds is 3. The van der Waals surface area contributed by atoms with Crippen molar-refractivity contribution < 1.29 is 9.90 Å². The molecule has 1 aliphatic rings. The molecule has 144 valence electrons. The molecule has 0 aliphatic heterocycles. The van der Waals surface area contributed by atoms with Crippen LogP contribution >= 0.6 is 11.3 Å². The van der Waals surface area contributed by atoms with Crippen LogP contribution in [0, 0.1) is 5.41 Å². The molecular weight excluding hydrogens is 380 g/mol. The van der Waals surface area contributed by atoms with Gasteiger partial charge in [0.1, 0.15) is 10.8 Å². The number of hydrogen-bond donors (Lipinski definition) is 2. The summed E-state index contributed by atoms with van der Waals surface area (Å²) in [4.78, 5) is 18.4. The van der Waals surface area contributed by atoms with Gasteiger partial charge in [-0.15, -0.1) is 11.3 Å². The van der Waals surface area contributed by atoms with Gasteiger partial charge in [-0.2, -0.15) is 0 Å². The first-order chi connectivity index (χ1) is 14.0. The van der Waals surface area contributed by atoms with Crippen molar-refractivity contribution in [3.8, 4) is 5.75 Å². The van der Waals surface area contributed by atoms with Crippen LogP contribution in [-0.2, 0) is 11.2 Å². The summed E-state index contributed by atoms with van der Waals surface area (Å²) in [6.07, 6.45) is 0.552. The van der Waals surface area contributed by atoms with Gasteiger partial charge in [-0.3, -0.25) is 4.79 Å². The maximum Gasteiger partial charge on any atom is 0.231 e. The second-order valence-electron chi connectivity index (χ2n) is 7.75. The second-order valence-corrected chi connectivity index (χ2v) is 8.81. The third kappa shape index (κ3) is 2.98. The fraction of sp³-hybridized carbons (Fsp3) is 0.167. The van der Waals surface area contributed by atoms with E-state index in [-0.39, 0.29) is 17.6 Å². The van der Waals surface area contributed by atoms with Crippen LogP contribution in [0.2, 0.25) is 0 Å². The average molecular weight is 401 g/mol. The van der Waals surface area contributed by atoms with Crippen molar-refractivity contribution in [2.45, 2.75) is 19.3 Å². The summed E-state index contributed by atoms with van der Waals surface area (Å²) in [7, 11) is 0. The van der Waals surface area contributed by atoms with Crippen molar-refractivity contribution in [3.05, 3.63) is 88.9 Å². The van der Waals surface area contributed by atoms with Crippen molar-refractivity contribution in [2.24, 2.45) is 5.41 Å². The Kier molecular flexibility index (Phi) is 4.14. The lowest BCUT2D eigenvalue weighted by Gasteiger charge is -2.29. The van der Waals surface area contributed by atoms with E-state index in [0.717, 1.165) is 32.0 Å². The van der Waals surface area contributed by atoms with Crippen LogP contribution in [-0.4, -0.2) is 16.0 Å². The number of thiazole rings is 1. The number of aromatic nitrogens is 1. The van der Waals surface area contributed by atoms with Crippen LogP contribution < -0.4 is 5.32 Å². The molecule has 0 radical (unpaired) electrons. The number of aromatic hydroxyl groups is 1. The molecule has 1 amide bonds. The lowest BCUT2D eigenvalue weighted by molar-refractivity contribution is -0.125. The largest absolute Gasteiger partial charge is 0.508 e. The van der Waals surface area contributed by atoms with Crippen molar-refractivity contribution in [3.63, 3.8) is 0 Å². The third-order valence-corrected chi connectivity index (χ3v) is 6.84. The molecule has 0 bridgehead atoms. The fourth-order valence-corrected chi connectivity index (χ4v) is 5.53. The number of phenolic OH excluding ortho intramolecular Hbond substituents is 1. The summed E-state index contributed by atoms with van der Waals surface area (Å²) in [6.45, 7) is 2.00. The highest BCUT2D eigenvalue weighted by Crippen LogP contribution is 2.53. The maximum absolute atomic E-state index is 13.5. The van der Waals surface area contributed by atoms with E-state index in [1.165, 1.54) is 0 Å². The van der Waals surface area contributed by atoms with Gasteiger partial charge in [-0.1, -0.05) is 36.4 Å². The molecule has 0 saturated carbocycles. The van der Waals surface area contributed by atoms with Gasteiger partial charge in [-0.05, 0) is 60.9 Å². The van der Waals surface area contributed by atoms with Crippen LogP contribution in [0.4, 0.5) is 5.69 Å². The molecule has 29 heavy (non-hydrogen) atoms. The summed E-state index contributed by atoms with van der Waals surface area (Å²) >= 11 is 1.63. The van der Waals surface area contributed by atoms with Crippen molar-refractivity contribution >= 4 is 33.1 Å². The molecule has 4 nitrogen and oxygen atoms in total. The Hall–Kier alpha value is -3.18. The van der Waals surface area contributed by atoms with Crippen molar-refractivity contribution in [2.75, 3.05) is 5.32 Å². The minimum absolute atomic E-state index is 0.0383. The summed E-state index contributed by atoms with van der Waals surface area (Å²) in [6, 6.07) is 23.0. The van der Waals surface area contributed by atoms with Gasteiger partial charge in [-0.25, -0.2) is 4.98 Å². The molecule has 1 aliphatic carbocycles. The number of nitrogens with zero attached hydrogens (tertiary/aromatic N) is 1. The quantitative estimate of drug-likeness (QED) is 0.488. The topological polar surface area (TPSA) is 62.2 Å². The Morgan fingerprint density at radius 3 is 2.66 bits per heavy atom. The molecular formula is C24H20N2O2S. The molecule has 2 N–H and O–H groups in total. The predicted molar refractivity (Wildman–Crippen MR) is 116 cm³/mol. The number of amides is 1. The third-order valence-electron chi connectivity index (χ3n) is 5.74. The van der Waals surface area contributed by atoms with Gasteiger partial charge in [0.05, 0.1) is 21.5 Å². The van der Waals surface area contributed by atoms with E-state index in [1.807, 2.05) is 61.5 Å². The summed E-state index contributed by atoms with van der Waals surface area (Å²) in [5, 5.41) is 14.0. The highest BCUT2D eigenvalue weighted by atomic mass is 32.1. The van der Waals surface area contributed by atoms with Gasteiger partial charge in [0, 0.05) is 5.69 Å². The molecule has 2 unspecified atom stereocenters. The molecule has 5 rings (SSSR count). The van der Waals surface area contributed by atoms with Crippen LogP contribution in [0.5, 0.6) is 5.75 Å². The van der Waals surface area contributed by atoms with E-state index in [0.29, 0.717) is 6.42 Å². The monoisotopic (exact) mass is 400 g/mol. The minimum atomic E-state index is -0.708. The summed E-state index contributed by atoms with van der Waals surface area (Å²) < 4.78 is 1.11. The van der Waals surface area contributed by atoms with Gasteiger partial charge < -0.3 is 10.4 Å². The Labute approximate surface area is 172 Å². The van der Waals surface area contributed by atoms with Crippen molar-refractivity contribution in [1.82, 2.24) is 4.98 Å². The Morgan fingerprint density at radius 2 is 1.86 bits per heavy atom. The van der Waals surface area contributed by atoms with Gasteiger partial charge in [0.15, 0.2) is 0 Å². The number of phenols is 1. The van der Waals surface area contributed by atoms with Gasteiger partial charge in [0.25, 0.3) is 0 Å². The number of anilines is 1. The molecule has 1 heterocycles. The zero-order valence-corrected chi connectivity index (χ0v) is 16.7. The van der Waals surface area contributed by atoms with Crippen LogP contribution in [0.15, 0.2) is 72.8 Å². The van der Waals surface area contributed by atoms with E-state index in [2.05, 4.69) is 11.4 Å². The summed E-state index contributed by atoms with van der Waals surface area (Å²) in [5.41, 5.74) is 3.08. The average Bonchev–Trinajstić information content (AvgIpc) is 3.26. The molecule has 0 saturated heterocycles. The zero-order valence-electron chi connectivity index (χ0n) is 15.9. The standard InChI is InChI=1S/C24H20N2O2S/c1-24(23(28)25-16-7-3-2-4-8-16)14-15-13-17(27)11-12-18(15)21(24)22-26-19-9-5-6-10-20(19)29-22/h2-13,21,27H,14H2,1H3,(H,25,28). The van der Waals surface area contributed by atoms with Gasteiger partial charge in [0.2, 0.25) is 5.91 Å². The smallest absolute Gasteiger partial charge is 0.231 e.